The highest BCUT2D eigenvalue weighted by Crippen LogP contribution is 2.73. The van der Waals surface area contributed by atoms with Crippen LogP contribution in [0, 0.1) is 56.7 Å². The van der Waals surface area contributed by atoms with Gasteiger partial charge in [0.15, 0.2) is 11.6 Å². The maximum absolute atomic E-state index is 14.6. The second kappa shape index (κ2) is 8.71. The van der Waals surface area contributed by atoms with Crippen LogP contribution in [-0.4, -0.2) is 28.9 Å². The standard InChI is InChI=1S/C33H43N3O4/c1-19-21-8-9-31(5)24(30(21,4)15-20(17-34)27(19)38)14-23(37)26-22-16-29(2,3)10-12-33(22,13-11-32(26,31)6)28-36-35-25(40-28)18-39-7/h14-15,19,21-22,26H,8-13,16,18H2,1-7H3/t19-,21-,22?,26?,30-,31+,32+,33-/m0/s1. The molecule has 6 rings (SSSR count). The van der Waals surface area contributed by atoms with Crippen LogP contribution in [0.25, 0.3) is 0 Å². The van der Waals surface area contributed by atoms with Gasteiger partial charge in [-0.15, -0.1) is 10.2 Å². The number of allylic oxidation sites excluding steroid dienone is 4. The van der Waals surface area contributed by atoms with Gasteiger partial charge in [-0.05, 0) is 79.1 Å². The summed E-state index contributed by atoms with van der Waals surface area (Å²) in [6.45, 7) is 13.8. The number of nitriles is 1. The van der Waals surface area contributed by atoms with Crippen LogP contribution >= 0.6 is 0 Å². The fraction of sp³-hybridized carbons (Fsp3) is 0.727. The summed E-state index contributed by atoms with van der Waals surface area (Å²) >= 11 is 0. The van der Waals surface area contributed by atoms with Crippen molar-refractivity contribution in [2.45, 2.75) is 98.5 Å². The molecule has 0 spiro atoms. The Hall–Kier alpha value is -2.59. The van der Waals surface area contributed by atoms with Crippen molar-refractivity contribution in [3.63, 3.8) is 0 Å². The van der Waals surface area contributed by atoms with Crippen LogP contribution in [0.1, 0.15) is 98.3 Å². The van der Waals surface area contributed by atoms with Gasteiger partial charge < -0.3 is 9.15 Å². The molecule has 0 amide bonds. The van der Waals surface area contributed by atoms with Gasteiger partial charge in [-0.1, -0.05) is 53.2 Å². The van der Waals surface area contributed by atoms with Crippen LogP contribution in [0.2, 0.25) is 0 Å². The summed E-state index contributed by atoms with van der Waals surface area (Å²) < 4.78 is 11.5. The maximum atomic E-state index is 14.6. The van der Waals surface area contributed by atoms with Gasteiger partial charge in [0, 0.05) is 24.4 Å². The van der Waals surface area contributed by atoms with Crippen molar-refractivity contribution in [2.75, 3.05) is 7.11 Å². The van der Waals surface area contributed by atoms with E-state index >= 15 is 0 Å². The van der Waals surface area contributed by atoms with Crippen molar-refractivity contribution in [3.8, 4) is 6.07 Å². The number of fused-ring (bicyclic) bond motifs is 7. The van der Waals surface area contributed by atoms with Crippen LogP contribution in [0.5, 0.6) is 0 Å². The van der Waals surface area contributed by atoms with Gasteiger partial charge in [0.25, 0.3) is 0 Å². The number of nitrogens with zero attached hydrogens (tertiary/aromatic N) is 3. The van der Waals surface area contributed by atoms with Gasteiger partial charge in [-0.25, -0.2) is 0 Å². The number of methoxy groups -OCH3 is 1. The molecule has 40 heavy (non-hydrogen) atoms. The normalized spacial score (nSPS) is 43.9. The lowest BCUT2D eigenvalue weighted by Gasteiger charge is -2.68. The molecule has 1 heterocycles. The van der Waals surface area contributed by atoms with E-state index in [1.165, 1.54) is 0 Å². The van der Waals surface area contributed by atoms with Gasteiger partial charge in [0.2, 0.25) is 11.8 Å². The molecule has 0 aliphatic heterocycles. The molecule has 0 bridgehead atoms. The average Bonchev–Trinajstić information content (AvgIpc) is 3.37. The molecule has 1 aromatic rings. The highest BCUT2D eigenvalue weighted by atomic mass is 16.5. The lowest BCUT2D eigenvalue weighted by atomic mass is 9.35. The number of carbonyl (C=O) groups excluding carboxylic acids is 2. The number of hydrogen-bond donors (Lipinski definition) is 0. The molecule has 3 saturated carbocycles. The third-order valence-electron chi connectivity index (χ3n) is 12.7. The van der Waals surface area contributed by atoms with Crippen LogP contribution in [0.4, 0.5) is 0 Å². The molecule has 5 aliphatic carbocycles. The summed E-state index contributed by atoms with van der Waals surface area (Å²) in [6.07, 6.45) is 10.4. The second-order valence-electron chi connectivity index (χ2n) is 15.0. The third kappa shape index (κ3) is 3.44. The number of Topliss-reactive ketones (excluding diaryl/α,β-unsaturated/α-hetero) is 1. The molecule has 2 unspecified atom stereocenters. The quantitative estimate of drug-likeness (QED) is 0.439. The number of ether oxygens (including phenoxy) is 1. The summed E-state index contributed by atoms with van der Waals surface area (Å²) in [5.74, 6) is 1.10. The van der Waals surface area contributed by atoms with E-state index in [0.29, 0.717) is 11.8 Å². The zero-order valence-corrected chi connectivity index (χ0v) is 25.1. The molecule has 0 saturated heterocycles. The Labute approximate surface area is 237 Å². The van der Waals surface area contributed by atoms with Crippen LogP contribution in [0.3, 0.4) is 0 Å². The molecule has 0 radical (unpaired) electrons. The highest BCUT2D eigenvalue weighted by Gasteiger charge is 2.70. The average molecular weight is 546 g/mol. The second-order valence-corrected chi connectivity index (χ2v) is 15.0. The smallest absolute Gasteiger partial charge is 0.242 e. The molecule has 214 valence electrons. The molecular formula is C33H43N3O4. The Morgan fingerprint density at radius 1 is 1.05 bits per heavy atom. The minimum absolute atomic E-state index is 0.0558. The van der Waals surface area contributed by atoms with E-state index in [2.05, 4.69) is 50.9 Å². The van der Waals surface area contributed by atoms with Crippen molar-refractivity contribution in [1.29, 1.82) is 5.26 Å². The summed E-state index contributed by atoms with van der Waals surface area (Å²) in [5.41, 5.74) is 0.196. The fourth-order valence-corrected chi connectivity index (χ4v) is 10.3. The van der Waals surface area contributed by atoms with Gasteiger partial charge in [-0.2, -0.15) is 5.26 Å². The van der Waals surface area contributed by atoms with Gasteiger partial charge >= 0.3 is 0 Å². The van der Waals surface area contributed by atoms with Crippen LogP contribution in [0.15, 0.2) is 27.7 Å². The minimum Gasteiger partial charge on any atom is -0.422 e. The van der Waals surface area contributed by atoms with Crippen molar-refractivity contribution >= 4 is 11.6 Å². The molecule has 1 aromatic heterocycles. The molecule has 5 aliphatic rings. The van der Waals surface area contributed by atoms with E-state index in [4.69, 9.17) is 9.15 Å². The first-order valence-electron chi connectivity index (χ1n) is 15.0. The van der Waals surface area contributed by atoms with E-state index < -0.39 is 5.41 Å². The first-order chi connectivity index (χ1) is 18.8. The molecule has 3 fully saturated rings. The lowest BCUT2D eigenvalue weighted by molar-refractivity contribution is -0.159. The summed E-state index contributed by atoms with van der Waals surface area (Å²) in [7, 11) is 1.62. The van der Waals surface area contributed by atoms with Crippen LogP contribution in [-0.2, 0) is 26.3 Å². The summed E-state index contributed by atoms with van der Waals surface area (Å²) in [6, 6.07) is 2.17. The molecule has 8 atom stereocenters. The van der Waals surface area contributed by atoms with Gasteiger partial charge in [0.05, 0.1) is 11.0 Å². The number of rotatable bonds is 3. The predicted octanol–water partition coefficient (Wildman–Crippen LogP) is 6.30. The largest absolute Gasteiger partial charge is 0.422 e. The van der Waals surface area contributed by atoms with Crippen LogP contribution < -0.4 is 0 Å². The molecule has 7 nitrogen and oxygen atoms in total. The first kappa shape index (κ1) is 27.6. The zero-order chi connectivity index (χ0) is 28.9. The highest BCUT2D eigenvalue weighted by molar-refractivity contribution is 6.02. The maximum Gasteiger partial charge on any atom is 0.242 e. The van der Waals surface area contributed by atoms with E-state index in [0.717, 1.165) is 50.5 Å². The van der Waals surface area contributed by atoms with Crippen molar-refractivity contribution in [3.05, 3.63) is 35.1 Å². The summed E-state index contributed by atoms with van der Waals surface area (Å²) in [4.78, 5) is 27.6. The number of carbonyl (C=O) groups is 2. The Kier molecular flexibility index (Phi) is 6.00. The van der Waals surface area contributed by atoms with E-state index in [1.807, 2.05) is 19.1 Å². The van der Waals surface area contributed by atoms with Gasteiger partial charge in [0.1, 0.15) is 12.7 Å². The fourth-order valence-electron chi connectivity index (χ4n) is 10.3. The Bertz CT molecular complexity index is 1380. The molecule has 0 aromatic carbocycles. The van der Waals surface area contributed by atoms with E-state index in [-0.39, 0.29) is 69.1 Å². The Morgan fingerprint density at radius 2 is 1.77 bits per heavy atom. The Morgan fingerprint density at radius 3 is 2.48 bits per heavy atom. The number of ketones is 2. The Balaban J connectivity index is 1.50. The first-order valence-corrected chi connectivity index (χ1v) is 15.0. The molecule has 7 heteroatoms. The van der Waals surface area contributed by atoms with Crippen molar-refractivity contribution in [2.24, 2.45) is 45.3 Å². The van der Waals surface area contributed by atoms with Gasteiger partial charge in [-0.3, -0.25) is 9.59 Å². The predicted molar refractivity (Wildman–Crippen MR) is 149 cm³/mol. The zero-order valence-electron chi connectivity index (χ0n) is 25.1. The lowest BCUT2D eigenvalue weighted by Crippen LogP contribution is -2.65. The minimum atomic E-state index is -0.489. The van der Waals surface area contributed by atoms with E-state index in [1.54, 1.807) is 7.11 Å². The van der Waals surface area contributed by atoms with Crippen molar-refractivity contribution < 1.29 is 18.7 Å². The summed E-state index contributed by atoms with van der Waals surface area (Å²) in [5, 5.41) is 18.7. The SMILES string of the molecule is COCc1nnc([C@]23CCC(C)(C)CC2C2C(=O)C=C4[C@@]5(C)C=C(C#N)C(=O)[C@@H](C)[C@@H]5CC[C@@]4(C)[C@]2(C)CC3)o1. The topological polar surface area (TPSA) is 106 Å². The molecule has 0 N–H and O–H groups in total. The number of hydrogen-bond acceptors (Lipinski definition) is 7. The third-order valence-corrected chi connectivity index (χ3v) is 12.7. The number of aromatic nitrogens is 2. The van der Waals surface area contributed by atoms with E-state index in [9.17, 15) is 14.9 Å². The monoisotopic (exact) mass is 545 g/mol. The van der Waals surface area contributed by atoms with Crippen molar-refractivity contribution in [1.82, 2.24) is 10.2 Å². The molecular weight excluding hydrogens is 502 g/mol.